The molecule has 0 saturated heterocycles. The Hall–Kier alpha value is -2.20. The second-order valence-electron chi connectivity index (χ2n) is 3.74. The molecule has 0 heterocycles. The highest BCUT2D eigenvalue weighted by Gasteiger charge is 2.10. The van der Waals surface area contributed by atoms with Crippen molar-refractivity contribution in [3.8, 4) is 5.75 Å². The number of carbonyl (C=O) groups is 1. The van der Waals surface area contributed by atoms with Crippen LogP contribution in [0.1, 0.15) is 10.4 Å². The molecule has 0 saturated carbocycles. The lowest BCUT2D eigenvalue weighted by atomic mass is 10.2. The second-order valence-corrected chi connectivity index (χ2v) is 4.15. The summed E-state index contributed by atoms with van der Waals surface area (Å²) in [5.41, 5.74) is 6.95. The first-order valence-electron chi connectivity index (χ1n) is 5.21. The van der Waals surface area contributed by atoms with Gasteiger partial charge in [-0.3, -0.25) is 4.79 Å². The zero-order chi connectivity index (χ0) is 13.1. The van der Waals surface area contributed by atoms with Gasteiger partial charge in [-0.1, -0.05) is 11.6 Å². The van der Waals surface area contributed by atoms with Gasteiger partial charge < -0.3 is 16.2 Å². The predicted molar refractivity (Wildman–Crippen MR) is 71.9 cm³/mol. The Morgan fingerprint density at radius 1 is 1.17 bits per heavy atom. The van der Waals surface area contributed by atoms with Gasteiger partial charge in [0.2, 0.25) is 0 Å². The van der Waals surface area contributed by atoms with E-state index in [1.807, 2.05) is 0 Å². The molecule has 0 aliphatic carbocycles. The van der Waals surface area contributed by atoms with Crippen LogP contribution in [0.15, 0.2) is 42.5 Å². The smallest absolute Gasteiger partial charge is 0.257 e. The van der Waals surface area contributed by atoms with E-state index in [4.69, 9.17) is 22.4 Å². The van der Waals surface area contributed by atoms with Crippen LogP contribution in [0, 0.1) is 0 Å². The van der Waals surface area contributed by atoms with Crippen LogP contribution in [0.25, 0.3) is 0 Å². The number of phenolic OH excluding ortho intramolecular Hbond substituents is 1. The Labute approximate surface area is 109 Å². The molecule has 4 N–H and O–H groups in total. The van der Waals surface area contributed by atoms with E-state index in [9.17, 15) is 4.79 Å². The number of anilines is 2. The number of nitrogens with two attached hydrogens (primary N) is 1. The van der Waals surface area contributed by atoms with Crippen molar-refractivity contribution in [1.82, 2.24) is 0 Å². The monoisotopic (exact) mass is 262 g/mol. The number of rotatable bonds is 2. The molecular formula is C13H11ClN2O2. The lowest BCUT2D eigenvalue weighted by Crippen LogP contribution is -2.12. The van der Waals surface area contributed by atoms with Crippen molar-refractivity contribution in [3.05, 3.63) is 53.1 Å². The van der Waals surface area contributed by atoms with Crippen LogP contribution >= 0.6 is 11.6 Å². The van der Waals surface area contributed by atoms with Gasteiger partial charge in [0.15, 0.2) is 0 Å². The van der Waals surface area contributed by atoms with E-state index >= 15 is 0 Å². The van der Waals surface area contributed by atoms with Crippen LogP contribution in [-0.4, -0.2) is 11.0 Å². The van der Waals surface area contributed by atoms with Crippen molar-refractivity contribution in [2.24, 2.45) is 0 Å². The molecule has 92 valence electrons. The van der Waals surface area contributed by atoms with Gasteiger partial charge in [0.25, 0.3) is 5.91 Å². The van der Waals surface area contributed by atoms with Crippen molar-refractivity contribution in [2.75, 3.05) is 11.1 Å². The van der Waals surface area contributed by atoms with E-state index in [-0.39, 0.29) is 11.7 Å². The lowest BCUT2D eigenvalue weighted by molar-refractivity contribution is 0.102. The van der Waals surface area contributed by atoms with E-state index in [0.29, 0.717) is 22.0 Å². The summed E-state index contributed by atoms with van der Waals surface area (Å²) in [7, 11) is 0. The normalized spacial score (nSPS) is 10.1. The summed E-state index contributed by atoms with van der Waals surface area (Å²) < 4.78 is 0. The quantitative estimate of drug-likeness (QED) is 0.575. The second kappa shape index (κ2) is 4.98. The molecular weight excluding hydrogens is 252 g/mol. The molecule has 0 aliphatic rings. The van der Waals surface area contributed by atoms with Crippen molar-refractivity contribution in [3.63, 3.8) is 0 Å². The molecule has 4 nitrogen and oxygen atoms in total. The van der Waals surface area contributed by atoms with Crippen LogP contribution in [0.2, 0.25) is 5.02 Å². The molecule has 0 atom stereocenters. The Morgan fingerprint density at radius 3 is 2.50 bits per heavy atom. The zero-order valence-corrected chi connectivity index (χ0v) is 10.1. The first-order chi connectivity index (χ1) is 8.56. The highest BCUT2D eigenvalue weighted by atomic mass is 35.5. The fourth-order valence-electron chi connectivity index (χ4n) is 1.46. The van der Waals surface area contributed by atoms with Crippen molar-refractivity contribution in [1.29, 1.82) is 0 Å². The fourth-order valence-corrected chi connectivity index (χ4v) is 1.66. The van der Waals surface area contributed by atoms with Gasteiger partial charge in [0, 0.05) is 11.4 Å². The number of amides is 1. The molecule has 2 aromatic carbocycles. The van der Waals surface area contributed by atoms with Gasteiger partial charge >= 0.3 is 0 Å². The van der Waals surface area contributed by atoms with E-state index in [0.717, 1.165) is 0 Å². The molecule has 2 rings (SSSR count). The maximum Gasteiger partial charge on any atom is 0.257 e. The molecule has 2 aromatic rings. The third-order valence-electron chi connectivity index (χ3n) is 2.36. The molecule has 0 fully saturated rings. The topological polar surface area (TPSA) is 75.4 Å². The van der Waals surface area contributed by atoms with Crippen LogP contribution < -0.4 is 11.1 Å². The number of hydrogen-bond acceptors (Lipinski definition) is 3. The highest BCUT2D eigenvalue weighted by Crippen LogP contribution is 2.21. The Morgan fingerprint density at radius 2 is 1.83 bits per heavy atom. The SMILES string of the molecule is Nc1ccc(Cl)c(C(=O)Nc2ccc(O)cc2)c1. The third-order valence-corrected chi connectivity index (χ3v) is 2.69. The average Bonchev–Trinajstić information content (AvgIpc) is 2.35. The summed E-state index contributed by atoms with van der Waals surface area (Å²) in [4.78, 5) is 12.0. The maximum absolute atomic E-state index is 12.0. The lowest BCUT2D eigenvalue weighted by Gasteiger charge is -2.07. The van der Waals surface area contributed by atoms with Crippen LogP contribution in [0.3, 0.4) is 0 Å². The van der Waals surface area contributed by atoms with Crippen LogP contribution in [0.5, 0.6) is 5.75 Å². The minimum atomic E-state index is -0.349. The average molecular weight is 263 g/mol. The first kappa shape index (κ1) is 12.3. The molecule has 0 unspecified atom stereocenters. The van der Waals surface area contributed by atoms with Crippen molar-refractivity contribution < 1.29 is 9.90 Å². The number of nitrogens with one attached hydrogen (secondary N) is 1. The minimum absolute atomic E-state index is 0.134. The molecule has 5 heteroatoms. The van der Waals surface area contributed by atoms with Gasteiger partial charge in [-0.15, -0.1) is 0 Å². The van der Waals surface area contributed by atoms with Gasteiger partial charge in [-0.2, -0.15) is 0 Å². The number of phenols is 1. The third kappa shape index (κ3) is 2.73. The molecule has 0 aliphatic heterocycles. The first-order valence-corrected chi connectivity index (χ1v) is 5.59. The molecule has 0 radical (unpaired) electrons. The van der Waals surface area contributed by atoms with Crippen LogP contribution in [0.4, 0.5) is 11.4 Å². The Balaban J connectivity index is 2.21. The van der Waals surface area contributed by atoms with E-state index in [1.54, 1.807) is 24.3 Å². The largest absolute Gasteiger partial charge is 0.508 e. The number of carbonyl (C=O) groups excluding carboxylic acids is 1. The molecule has 0 aromatic heterocycles. The number of aromatic hydroxyl groups is 1. The maximum atomic E-state index is 12.0. The summed E-state index contributed by atoms with van der Waals surface area (Å²) in [6.07, 6.45) is 0. The number of halogens is 1. The summed E-state index contributed by atoms with van der Waals surface area (Å²) >= 11 is 5.93. The molecule has 0 bridgehead atoms. The van der Waals surface area contributed by atoms with Crippen molar-refractivity contribution in [2.45, 2.75) is 0 Å². The number of hydrogen-bond donors (Lipinski definition) is 3. The van der Waals surface area contributed by atoms with E-state index < -0.39 is 0 Å². The highest BCUT2D eigenvalue weighted by molar-refractivity contribution is 6.34. The van der Waals surface area contributed by atoms with Gasteiger partial charge in [-0.25, -0.2) is 0 Å². The zero-order valence-electron chi connectivity index (χ0n) is 9.35. The van der Waals surface area contributed by atoms with Gasteiger partial charge in [0.1, 0.15) is 5.75 Å². The molecule has 1 amide bonds. The molecule has 0 spiro atoms. The summed E-state index contributed by atoms with van der Waals surface area (Å²) in [6.45, 7) is 0. The van der Waals surface area contributed by atoms with Crippen LogP contribution in [-0.2, 0) is 0 Å². The molecule has 18 heavy (non-hydrogen) atoms. The predicted octanol–water partition coefficient (Wildman–Crippen LogP) is 2.88. The minimum Gasteiger partial charge on any atom is -0.508 e. The Kier molecular flexibility index (Phi) is 3.39. The summed E-state index contributed by atoms with van der Waals surface area (Å²) in [6, 6.07) is 10.9. The van der Waals surface area contributed by atoms with Gasteiger partial charge in [-0.05, 0) is 42.5 Å². The number of benzene rings is 2. The van der Waals surface area contributed by atoms with Gasteiger partial charge in [0.05, 0.1) is 10.6 Å². The fraction of sp³-hybridized carbons (Fsp3) is 0. The number of nitrogen functional groups attached to an aromatic ring is 1. The Bertz CT molecular complexity index is 582. The summed E-state index contributed by atoms with van der Waals surface area (Å²) in [5.74, 6) is -0.215. The van der Waals surface area contributed by atoms with E-state index in [1.165, 1.54) is 18.2 Å². The van der Waals surface area contributed by atoms with Crippen molar-refractivity contribution >= 4 is 28.9 Å². The van der Waals surface area contributed by atoms with E-state index in [2.05, 4.69) is 5.32 Å². The standard InChI is InChI=1S/C13H11ClN2O2/c14-12-6-1-8(15)7-11(12)13(18)16-9-2-4-10(17)5-3-9/h1-7,17H,15H2,(H,16,18). The summed E-state index contributed by atoms with van der Waals surface area (Å²) in [5, 5.41) is 12.1.